The summed E-state index contributed by atoms with van der Waals surface area (Å²) in [4.78, 5) is 18.6. The lowest BCUT2D eigenvalue weighted by Crippen LogP contribution is -2.44. The van der Waals surface area contributed by atoms with Crippen LogP contribution in [0.2, 0.25) is 5.02 Å². The van der Waals surface area contributed by atoms with Crippen molar-refractivity contribution in [1.82, 2.24) is 0 Å². The smallest absolute Gasteiger partial charge is 0.230 e. The summed E-state index contributed by atoms with van der Waals surface area (Å²) in [5.41, 5.74) is 1.71. The molecular formula is C13H13ClN2O. The Morgan fingerprint density at radius 2 is 2.18 bits per heavy atom. The van der Waals surface area contributed by atoms with Crippen molar-refractivity contribution in [2.45, 2.75) is 13.8 Å². The molecular weight excluding hydrogens is 236 g/mol. The van der Waals surface area contributed by atoms with Gasteiger partial charge in [-0.2, -0.15) is 0 Å². The summed E-state index contributed by atoms with van der Waals surface area (Å²) in [6.45, 7) is 5.84. The minimum Gasteiger partial charge on any atom is -0.322 e. The van der Waals surface area contributed by atoms with Crippen molar-refractivity contribution >= 4 is 28.9 Å². The first kappa shape index (κ1) is 10.8. The number of ketones is 1. The number of hydrogen-bond donors (Lipinski definition) is 0. The first-order valence-corrected chi connectivity index (χ1v) is 6.02. The summed E-state index contributed by atoms with van der Waals surface area (Å²) in [6.07, 6.45) is 0. The minimum absolute atomic E-state index is 0.00185. The molecule has 88 valence electrons. The molecule has 1 aromatic carbocycles. The normalized spacial score (nSPS) is 21.0. The molecule has 0 amide bonds. The molecule has 4 heteroatoms. The molecule has 0 saturated carbocycles. The maximum absolute atomic E-state index is 12.2. The third-order valence-corrected chi connectivity index (χ3v) is 3.43. The van der Waals surface area contributed by atoms with Crippen LogP contribution in [0.3, 0.4) is 0 Å². The number of halogens is 1. The van der Waals surface area contributed by atoms with E-state index in [4.69, 9.17) is 11.6 Å². The predicted molar refractivity (Wildman–Crippen MR) is 69.2 cm³/mol. The van der Waals surface area contributed by atoms with Crippen molar-refractivity contribution < 1.29 is 4.79 Å². The highest BCUT2D eigenvalue weighted by atomic mass is 35.5. The fourth-order valence-corrected chi connectivity index (χ4v) is 2.54. The highest BCUT2D eigenvalue weighted by Crippen LogP contribution is 2.36. The second-order valence-corrected chi connectivity index (χ2v) is 5.82. The van der Waals surface area contributed by atoms with Gasteiger partial charge in [-0.3, -0.25) is 9.79 Å². The van der Waals surface area contributed by atoms with Gasteiger partial charge < -0.3 is 4.90 Å². The topological polar surface area (TPSA) is 32.7 Å². The number of amidine groups is 1. The van der Waals surface area contributed by atoms with Gasteiger partial charge in [0.25, 0.3) is 0 Å². The van der Waals surface area contributed by atoms with E-state index in [9.17, 15) is 4.79 Å². The number of fused-ring (bicyclic) bond motifs is 3. The molecule has 0 fully saturated rings. The van der Waals surface area contributed by atoms with Gasteiger partial charge >= 0.3 is 0 Å². The van der Waals surface area contributed by atoms with E-state index in [1.807, 2.05) is 17.0 Å². The van der Waals surface area contributed by atoms with Crippen LogP contribution in [0, 0.1) is 5.41 Å². The third-order valence-electron chi connectivity index (χ3n) is 3.20. The van der Waals surface area contributed by atoms with E-state index >= 15 is 0 Å². The summed E-state index contributed by atoms with van der Waals surface area (Å²) in [6, 6.07) is 5.45. The van der Waals surface area contributed by atoms with Crippen LogP contribution in [0.4, 0.5) is 5.69 Å². The Morgan fingerprint density at radius 3 is 2.94 bits per heavy atom. The molecule has 2 aliphatic rings. The maximum atomic E-state index is 12.2. The molecule has 2 heterocycles. The summed E-state index contributed by atoms with van der Waals surface area (Å²) in [5, 5.41) is 0.594. The average molecular weight is 249 g/mol. The minimum atomic E-state index is -0.00185. The van der Waals surface area contributed by atoms with E-state index in [1.165, 1.54) is 0 Å². The Hall–Kier alpha value is -1.35. The molecule has 17 heavy (non-hydrogen) atoms. The van der Waals surface area contributed by atoms with Gasteiger partial charge in [0.1, 0.15) is 0 Å². The van der Waals surface area contributed by atoms with Crippen LogP contribution in [-0.2, 0) is 0 Å². The lowest BCUT2D eigenvalue weighted by molar-refractivity contribution is 0.106. The van der Waals surface area contributed by atoms with Crippen molar-refractivity contribution in [3.8, 4) is 0 Å². The molecule has 0 atom stereocenters. The van der Waals surface area contributed by atoms with E-state index < -0.39 is 0 Å². The molecule has 0 aliphatic carbocycles. The fraction of sp³-hybridized carbons (Fsp3) is 0.385. The maximum Gasteiger partial charge on any atom is 0.230 e. The molecule has 0 N–H and O–H groups in total. The predicted octanol–water partition coefficient (Wildman–Crippen LogP) is 2.78. The zero-order valence-corrected chi connectivity index (χ0v) is 10.6. The summed E-state index contributed by atoms with van der Waals surface area (Å²) < 4.78 is 0. The van der Waals surface area contributed by atoms with Gasteiger partial charge in [0.2, 0.25) is 5.78 Å². The van der Waals surface area contributed by atoms with Crippen LogP contribution >= 0.6 is 11.6 Å². The van der Waals surface area contributed by atoms with Crippen molar-refractivity contribution in [1.29, 1.82) is 0 Å². The Kier molecular flexibility index (Phi) is 2.11. The van der Waals surface area contributed by atoms with E-state index in [2.05, 4.69) is 18.8 Å². The number of nitrogens with zero attached hydrogens (tertiary/aromatic N) is 2. The van der Waals surface area contributed by atoms with Crippen molar-refractivity contribution in [3.05, 3.63) is 28.8 Å². The van der Waals surface area contributed by atoms with Gasteiger partial charge in [-0.25, -0.2) is 0 Å². The number of benzene rings is 1. The molecule has 0 bridgehead atoms. The van der Waals surface area contributed by atoms with Gasteiger partial charge in [0, 0.05) is 23.5 Å². The standard InChI is InChI=1S/C13H13ClN2O/c1-13(2)6-15-12-11(17)9-5-8(14)3-4-10(9)16(12)7-13/h3-5H,6-7H2,1-2H3. The van der Waals surface area contributed by atoms with Crippen molar-refractivity contribution in [2.75, 3.05) is 18.0 Å². The number of carbonyl (C=O) groups excluding carboxylic acids is 1. The molecule has 0 spiro atoms. The van der Waals surface area contributed by atoms with E-state index in [-0.39, 0.29) is 11.2 Å². The summed E-state index contributed by atoms with van der Waals surface area (Å²) in [5.74, 6) is 0.569. The van der Waals surface area contributed by atoms with Crippen LogP contribution < -0.4 is 4.90 Å². The van der Waals surface area contributed by atoms with E-state index in [0.29, 0.717) is 23.0 Å². The SMILES string of the molecule is CC1(C)CN=C2C(=O)c3cc(Cl)ccc3N2C1. The Balaban J connectivity index is 2.15. The van der Waals surface area contributed by atoms with Crippen molar-refractivity contribution in [2.24, 2.45) is 10.4 Å². The monoisotopic (exact) mass is 248 g/mol. The molecule has 0 saturated heterocycles. The molecule has 0 radical (unpaired) electrons. The first-order valence-electron chi connectivity index (χ1n) is 5.64. The van der Waals surface area contributed by atoms with E-state index in [0.717, 1.165) is 12.2 Å². The van der Waals surface area contributed by atoms with Crippen LogP contribution in [-0.4, -0.2) is 24.7 Å². The molecule has 1 aromatic rings. The van der Waals surface area contributed by atoms with Crippen LogP contribution in [0.15, 0.2) is 23.2 Å². The second-order valence-electron chi connectivity index (χ2n) is 5.38. The second kappa shape index (κ2) is 3.33. The summed E-state index contributed by atoms with van der Waals surface area (Å²) >= 11 is 5.93. The Labute approximate surface area is 105 Å². The van der Waals surface area contributed by atoms with Gasteiger partial charge in [0.05, 0.1) is 11.3 Å². The van der Waals surface area contributed by atoms with Crippen LogP contribution in [0.25, 0.3) is 0 Å². The zero-order valence-electron chi connectivity index (χ0n) is 9.83. The van der Waals surface area contributed by atoms with Gasteiger partial charge in [-0.05, 0) is 18.2 Å². The molecule has 3 rings (SSSR count). The lowest BCUT2D eigenvalue weighted by Gasteiger charge is -2.34. The molecule has 3 nitrogen and oxygen atoms in total. The Morgan fingerprint density at radius 1 is 1.41 bits per heavy atom. The van der Waals surface area contributed by atoms with Gasteiger partial charge in [0.15, 0.2) is 5.84 Å². The Bertz CT molecular complexity index is 548. The molecule has 0 aromatic heterocycles. The van der Waals surface area contributed by atoms with Crippen LogP contribution in [0.5, 0.6) is 0 Å². The average Bonchev–Trinajstić information content (AvgIpc) is 2.51. The van der Waals surface area contributed by atoms with Gasteiger partial charge in [-0.15, -0.1) is 0 Å². The van der Waals surface area contributed by atoms with Gasteiger partial charge in [-0.1, -0.05) is 25.4 Å². The zero-order chi connectivity index (χ0) is 12.2. The third kappa shape index (κ3) is 1.57. The van der Waals surface area contributed by atoms with E-state index in [1.54, 1.807) is 6.07 Å². The highest BCUT2D eigenvalue weighted by molar-refractivity contribution is 6.54. The van der Waals surface area contributed by atoms with Crippen LogP contribution in [0.1, 0.15) is 24.2 Å². The number of anilines is 1. The molecule has 2 aliphatic heterocycles. The number of rotatable bonds is 0. The number of carbonyl (C=O) groups is 1. The largest absolute Gasteiger partial charge is 0.322 e. The van der Waals surface area contributed by atoms with Crippen molar-refractivity contribution in [3.63, 3.8) is 0 Å². The number of aliphatic imine (C=N–C) groups is 1. The molecule has 0 unspecified atom stereocenters. The fourth-order valence-electron chi connectivity index (χ4n) is 2.37. The summed E-state index contributed by atoms with van der Waals surface area (Å²) in [7, 11) is 0. The lowest BCUT2D eigenvalue weighted by atomic mass is 9.91. The highest BCUT2D eigenvalue weighted by Gasteiger charge is 2.39. The quantitative estimate of drug-likeness (QED) is 0.707. The first-order chi connectivity index (χ1) is 7.98. The number of Topliss-reactive ketones (excluding diaryl/α,β-unsaturated/α-hetero) is 1. The number of hydrogen-bond acceptors (Lipinski definition) is 3.